The molecule has 0 atom stereocenters. The van der Waals surface area contributed by atoms with E-state index < -0.39 is 0 Å². The van der Waals surface area contributed by atoms with Crippen LogP contribution >= 0.6 is 11.6 Å². The molecule has 0 spiro atoms. The Kier molecular flexibility index (Phi) is 6.91. The quantitative estimate of drug-likeness (QED) is 0.651. The Morgan fingerprint density at radius 2 is 1.87 bits per heavy atom. The van der Waals surface area contributed by atoms with Gasteiger partial charge in [-0.3, -0.25) is 4.79 Å². The summed E-state index contributed by atoms with van der Waals surface area (Å²) in [5.41, 5.74) is 2.67. The third kappa shape index (κ3) is 5.93. The summed E-state index contributed by atoms with van der Waals surface area (Å²) >= 11 is 6.06. The van der Waals surface area contributed by atoms with Crippen LogP contribution in [0.3, 0.4) is 0 Å². The van der Waals surface area contributed by atoms with E-state index in [2.05, 4.69) is 22.8 Å². The summed E-state index contributed by atoms with van der Waals surface area (Å²) in [6, 6.07) is 15.4. The maximum Gasteiger partial charge on any atom is 0.239 e. The van der Waals surface area contributed by atoms with Crippen molar-refractivity contribution in [3.05, 3.63) is 64.7 Å². The molecule has 0 heterocycles. The van der Waals surface area contributed by atoms with E-state index in [9.17, 15) is 4.79 Å². The average molecular weight is 333 g/mol. The van der Waals surface area contributed by atoms with Crippen LogP contribution in [0.25, 0.3) is 0 Å². The minimum atomic E-state index is -0.0801. The Balaban J connectivity index is 1.69. The van der Waals surface area contributed by atoms with Crippen molar-refractivity contribution < 1.29 is 9.90 Å². The van der Waals surface area contributed by atoms with E-state index in [0.717, 1.165) is 18.4 Å². The van der Waals surface area contributed by atoms with Gasteiger partial charge in [0.1, 0.15) is 0 Å². The van der Waals surface area contributed by atoms with Crippen molar-refractivity contribution in [1.29, 1.82) is 0 Å². The maximum absolute atomic E-state index is 11.8. The molecular weight excluding hydrogens is 312 g/mol. The molecule has 1 amide bonds. The number of carbonyl (C=O) groups excluding carboxylic acids is 1. The van der Waals surface area contributed by atoms with Gasteiger partial charge in [-0.2, -0.15) is 0 Å². The zero-order chi connectivity index (χ0) is 16.5. The minimum Gasteiger partial charge on any atom is -0.392 e. The highest BCUT2D eigenvalue weighted by atomic mass is 35.5. The monoisotopic (exact) mass is 332 g/mol. The largest absolute Gasteiger partial charge is 0.392 e. The molecule has 23 heavy (non-hydrogen) atoms. The summed E-state index contributed by atoms with van der Waals surface area (Å²) in [5, 5.41) is 15.5. The van der Waals surface area contributed by atoms with Crippen molar-refractivity contribution in [3.8, 4) is 0 Å². The van der Waals surface area contributed by atoms with Gasteiger partial charge in [-0.05, 0) is 36.1 Å². The van der Waals surface area contributed by atoms with Crippen molar-refractivity contribution in [2.75, 3.05) is 18.4 Å². The van der Waals surface area contributed by atoms with Gasteiger partial charge in [0.2, 0.25) is 5.91 Å². The number of rotatable bonds is 8. The molecule has 0 fully saturated rings. The van der Waals surface area contributed by atoms with E-state index in [1.807, 2.05) is 18.2 Å². The molecule has 3 N–H and O–H groups in total. The number of aliphatic hydroxyl groups excluding tert-OH is 1. The summed E-state index contributed by atoms with van der Waals surface area (Å²) in [5.74, 6) is -0.0801. The fourth-order valence-corrected chi connectivity index (χ4v) is 2.39. The molecular formula is C18H21ClN2O2. The van der Waals surface area contributed by atoms with E-state index in [-0.39, 0.29) is 19.1 Å². The fourth-order valence-electron chi connectivity index (χ4n) is 2.21. The summed E-state index contributed by atoms with van der Waals surface area (Å²) in [6.07, 6.45) is 1.84. The molecule has 2 rings (SSSR count). The highest BCUT2D eigenvalue weighted by Crippen LogP contribution is 2.22. The van der Waals surface area contributed by atoms with Gasteiger partial charge < -0.3 is 15.7 Å². The Morgan fingerprint density at radius 3 is 2.61 bits per heavy atom. The molecule has 0 bridgehead atoms. The van der Waals surface area contributed by atoms with Gasteiger partial charge in [0.05, 0.1) is 23.9 Å². The van der Waals surface area contributed by atoms with Crippen molar-refractivity contribution in [2.24, 2.45) is 0 Å². The van der Waals surface area contributed by atoms with E-state index in [1.165, 1.54) is 5.56 Å². The molecule has 4 nitrogen and oxygen atoms in total. The molecule has 0 saturated carbocycles. The third-order valence-corrected chi connectivity index (χ3v) is 3.79. The first-order valence-electron chi connectivity index (χ1n) is 7.63. The Labute approximate surface area is 141 Å². The second kappa shape index (κ2) is 9.18. The third-order valence-electron chi connectivity index (χ3n) is 3.46. The van der Waals surface area contributed by atoms with Crippen LogP contribution in [0, 0.1) is 0 Å². The van der Waals surface area contributed by atoms with Crippen molar-refractivity contribution in [1.82, 2.24) is 5.32 Å². The van der Waals surface area contributed by atoms with E-state index in [1.54, 1.807) is 18.2 Å². The molecule has 2 aromatic rings. The summed E-state index contributed by atoms with van der Waals surface area (Å²) < 4.78 is 0. The Bertz CT molecular complexity index is 632. The van der Waals surface area contributed by atoms with Gasteiger partial charge >= 0.3 is 0 Å². The SMILES string of the molecule is O=C(CNc1cc(CO)ccc1Cl)NCCCc1ccccc1. The topological polar surface area (TPSA) is 61.4 Å². The predicted molar refractivity (Wildman–Crippen MR) is 93.6 cm³/mol. The number of nitrogens with one attached hydrogen (secondary N) is 2. The van der Waals surface area contributed by atoms with Crippen LogP contribution in [0.15, 0.2) is 48.5 Å². The lowest BCUT2D eigenvalue weighted by molar-refractivity contribution is -0.119. The number of aryl methyl sites for hydroxylation is 1. The van der Waals surface area contributed by atoms with E-state index in [4.69, 9.17) is 16.7 Å². The minimum absolute atomic E-state index is 0.0580. The van der Waals surface area contributed by atoms with Crippen LogP contribution in [0.1, 0.15) is 17.5 Å². The van der Waals surface area contributed by atoms with Crippen LogP contribution < -0.4 is 10.6 Å². The van der Waals surface area contributed by atoms with E-state index in [0.29, 0.717) is 17.3 Å². The van der Waals surface area contributed by atoms with Gasteiger partial charge in [0.25, 0.3) is 0 Å². The lowest BCUT2D eigenvalue weighted by Crippen LogP contribution is -2.30. The smallest absolute Gasteiger partial charge is 0.239 e. The Hall–Kier alpha value is -2.04. The molecule has 122 valence electrons. The first-order chi connectivity index (χ1) is 11.2. The summed E-state index contributed by atoms with van der Waals surface area (Å²) in [4.78, 5) is 11.8. The van der Waals surface area contributed by atoms with Gasteiger partial charge in [-0.15, -0.1) is 0 Å². The molecule has 5 heteroatoms. The highest BCUT2D eigenvalue weighted by molar-refractivity contribution is 6.33. The second-order valence-electron chi connectivity index (χ2n) is 5.26. The standard InChI is InChI=1S/C18H21ClN2O2/c19-16-9-8-15(13-22)11-17(16)21-12-18(23)20-10-4-7-14-5-2-1-3-6-14/h1-3,5-6,8-9,11,21-22H,4,7,10,12-13H2,(H,20,23). The molecule has 0 aliphatic rings. The van der Waals surface area contributed by atoms with Crippen LogP contribution in [0.4, 0.5) is 5.69 Å². The van der Waals surface area contributed by atoms with Crippen molar-refractivity contribution >= 4 is 23.2 Å². The van der Waals surface area contributed by atoms with Gasteiger partial charge in [-0.25, -0.2) is 0 Å². The zero-order valence-electron chi connectivity index (χ0n) is 12.9. The number of halogens is 1. The molecule has 0 radical (unpaired) electrons. The molecule has 0 aliphatic heterocycles. The number of hydrogen-bond acceptors (Lipinski definition) is 3. The van der Waals surface area contributed by atoms with Crippen LogP contribution in [-0.4, -0.2) is 24.1 Å². The van der Waals surface area contributed by atoms with Crippen LogP contribution in [0.2, 0.25) is 5.02 Å². The first-order valence-corrected chi connectivity index (χ1v) is 8.00. The molecule has 2 aromatic carbocycles. The molecule has 0 saturated heterocycles. The second-order valence-corrected chi connectivity index (χ2v) is 5.67. The van der Waals surface area contributed by atoms with Crippen LogP contribution in [-0.2, 0) is 17.8 Å². The van der Waals surface area contributed by atoms with Gasteiger partial charge in [-0.1, -0.05) is 48.0 Å². The lowest BCUT2D eigenvalue weighted by atomic mass is 10.1. The molecule has 0 aromatic heterocycles. The van der Waals surface area contributed by atoms with Crippen molar-refractivity contribution in [3.63, 3.8) is 0 Å². The van der Waals surface area contributed by atoms with Crippen LogP contribution in [0.5, 0.6) is 0 Å². The maximum atomic E-state index is 11.8. The predicted octanol–water partition coefficient (Wildman–Crippen LogP) is 2.99. The average Bonchev–Trinajstić information content (AvgIpc) is 2.59. The fraction of sp³-hybridized carbons (Fsp3) is 0.278. The summed E-state index contributed by atoms with van der Waals surface area (Å²) in [7, 11) is 0. The number of carbonyl (C=O) groups is 1. The number of anilines is 1. The number of hydrogen-bond donors (Lipinski definition) is 3. The number of aliphatic hydroxyl groups is 1. The lowest BCUT2D eigenvalue weighted by Gasteiger charge is -2.10. The number of benzene rings is 2. The zero-order valence-corrected chi connectivity index (χ0v) is 13.6. The van der Waals surface area contributed by atoms with Gasteiger partial charge in [0.15, 0.2) is 0 Å². The normalized spacial score (nSPS) is 10.3. The molecule has 0 aliphatic carbocycles. The highest BCUT2D eigenvalue weighted by Gasteiger charge is 2.05. The summed E-state index contributed by atoms with van der Waals surface area (Å²) in [6.45, 7) is 0.733. The first kappa shape index (κ1) is 17.3. The van der Waals surface area contributed by atoms with Gasteiger partial charge in [0, 0.05) is 6.54 Å². The van der Waals surface area contributed by atoms with E-state index >= 15 is 0 Å². The molecule has 0 unspecified atom stereocenters. The van der Waals surface area contributed by atoms with Crippen molar-refractivity contribution in [2.45, 2.75) is 19.4 Å². The number of amides is 1. The Morgan fingerprint density at radius 1 is 1.09 bits per heavy atom.